The van der Waals surface area contributed by atoms with Gasteiger partial charge in [-0.2, -0.15) is 0 Å². The van der Waals surface area contributed by atoms with E-state index in [-0.39, 0.29) is 0 Å². The monoisotopic (exact) mass is 304 g/mol. The molecule has 0 saturated heterocycles. The van der Waals surface area contributed by atoms with Gasteiger partial charge < -0.3 is 4.42 Å². The van der Waals surface area contributed by atoms with E-state index in [0.717, 1.165) is 11.2 Å². The van der Waals surface area contributed by atoms with Crippen LogP contribution in [0.3, 0.4) is 0 Å². The third kappa shape index (κ3) is 2.05. The lowest BCUT2D eigenvalue weighted by atomic mass is 10.0. The zero-order valence-electron chi connectivity index (χ0n) is 12.7. The Morgan fingerprint density at radius 1 is 0.773 bits per heavy atom. The minimum Gasteiger partial charge on any atom is -0.456 e. The second kappa shape index (κ2) is 4.97. The van der Waals surface area contributed by atoms with Crippen LogP contribution in [-0.2, 0) is 0 Å². The molecule has 0 aliphatic rings. The van der Waals surface area contributed by atoms with Crippen molar-refractivity contribution in [1.29, 1.82) is 0 Å². The molecule has 0 N–H and O–H groups in total. The van der Waals surface area contributed by atoms with Crippen LogP contribution in [0.1, 0.15) is 11.1 Å². The minimum absolute atomic E-state index is 0.949. The average molecular weight is 304 g/mol. The van der Waals surface area contributed by atoms with E-state index in [1.54, 1.807) is 0 Å². The van der Waals surface area contributed by atoms with Crippen molar-refractivity contribution in [3.05, 3.63) is 65.7 Å². The van der Waals surface area contributed by atoms with E-state index in [1.165, 1.54) is 38.3 Å². The smallest absolute Gasteiger partial charge is 0.136 e. The van der Waals surface area contributed by atoms with Crippen LogP contribution >= 0.6 is 9.24 Å². The highest BCUT2D eigenvalue weighted by molar-refractivity contribution is 7.28. The normalized spacial score (nSPS) is 11.4. The first kappa shape index (κ1) is 13.5. The molecule has 0 amide bonds. The van der Waals surface area contributed by atoms with Crippen molar-refractivity contribution in [3.63, 3.8) is 0 Å². The largest absolute Gasteiger partial charge is 0.456 e. The number of rotatable bonds is 1. The summed E-state index contributed by atoms with van der Waals surface area (Å²) in [6.07, 6.45) is 0. The fraction of sp³-hybridized carbons (Fsp3) is 0.100. The van der Waals surface area contributed by atoms with Crippen molar-refractivity contribution >= 4 is 36.5 Å². The van der Waals surface area contributed by atoms with Crippen molar-refractivity contribution < 1.29 is 4.42 Å². The minimum atomic E-state index is 0.949. The Morgan fingerprint density at radius 2 is 1.41 bits per heavy atom. The van der Waals surface area contributed by atoms with Gasteiger partial charge in [-0.3, -0.25) is 0 Å². The Bertz CT molecular complexity index is 997. The molecule has 0 spiro atoms. The molecule has 4 aromatic rings. The van der Waals surface area contributed by atoms with Gasteiger partial charge >= 0.3 is 0 Å². The summed E-state index contributed by atoms with van der Waals surface area (Å²) in [7, 11) is 2.86. The van der Waals surface area contributed by atoms with Gasteiger partial charge in [-0.05, 0) is 65.7 Å². The van der Waals surface area contributed by atoms with Gasteiger partial charge in [0.15, 0.2) is 0 Å². The molecule has 0 saturated carbocycles. The third-order valence-electron chi connectivity index (χ3n) is 4.34. The van der Waals surface area contributed by atoms with E-state index >= 15 is 0 Å². The number of hydrogen-bond donors (Lipinski definition) is 0. The van der Waals surface area contributed by atoms with Crippen molar-refractivity contribution in [2.75, 3.05) is 0 Å². The van der Waals surface area contributed by atoms with Crippen molar-refractivity contribution in [1.82, 2.24) is 0 Å². The summed E-state index contributed by atoms with van der Waals surface area (Å²) < 4.78 is 6.10. The molecule has 1 unspecified atom stereocenters. The number of benzene rings is 3. The van der Waals surface area contributed by atoms with Crippen LogP contribution in [0.2, 0.25) is 0 Å². The van der Waals surface area contributed by atoms with Gasteiger partial charge in [0.25, 0.3) is 0 Å². The van der Waals surface area contributed by atoms with Gasteiger partial charge in [0.2, 0.25) is 0 Å². The van der Waals surface area contributed by atoms with Gasteiger partial charge in [0, 0.05) is 10.8 Å². The maximum Gasteiger partial charge on any atom is 0.136 e. The van der Waals surface area contributed by atoms with Gasteiger partial charge in [0.05, 0.1) is 0 Å². The summed E-state index contributed by atoms with van der Waals surface area (Å²) in [5.74, 6) is 0. The molecule has 22 heavy (non-hydrogen) atoms. The summed E-state index contributed by atoms with van der Waals surface area (Å²) in [4.78, 5) is 0. The van der Waals surface area contributed by atoms with E-state index < -0.39 is 0 Å². The molecular weight excluding hydrogens is 287 g/mol. The molecule has 0 aliphatic carbocycles. The fourth-order valence-corrected chi connectivity index (χ4v) is 3.38. The Morgan fingerprint density at radius 3 is 2.18 bits per heavy atom. The maximum absolute atomic E-state index is 6.10. The number of fused-ring (bicyclic) bond motifs is 3. The molecule has 4 rings (SSSR count). The Balaban J connectivity index is 2.04. The summed E-state index contributed by atoms with van der Waals surface area (Å²) in [5.41, 5.74) is 6.89. The molecule has 108 valence electrons. The van der Waals surface area contributed by atoms with Crippen LogP contribution in [0.25, 0.3) is 33.1 Å². The van der Waals surface area contributed by atoms with E-state index in [0.29, 0.717) is 0 Å². The number of aryl methyl sites for hydroxylation is 2. The van der Waals surface area contributed by atoms with E-state index in [9.17, 15) is 0 Å². The van der Waals surface area contributed by atoms with Crippen LogP contribution in [0.15, 0.2) is 59.0 Å². The van der Waals surface area contributed by atoms with Gasteiger partial charge in [-0.1, -0.05) is 30.3 Å². The highest BCUT2D eigenvalue weighted by Crippen LogP contribution is 2.33. The molecule has 0 aliphatic heterocycles. The predicted octanol–water partition coefficient (Wildman–Crippen LogP) is 5.37. The molecule has 3 aromatic carbocycles. The molecular formula is C20H17OP. The maximum atomic E-state index is 6.10. The summed E-state index contributed by atoms with van der Waals surface area (Å²) in [6, 6.07) is 19.2. The highest BCUT2D eigenvalue weighted by atomic mass is 31.0. The first-order valence-electron chi connectivity index (χ1n) is 7.42. The summed E-state index contributed by atoms with van der Waals surface area (Å²) in [6.45, 7) is 4.27. The quantitative estimate of drug-likeness (QED) is 0.431. The molecule has 1 aromatic heterocycles. The van der Waals surface area contributed by atoms with E-state index in [2.05, 4.69) is 71.6 Å². The van der Waals surface area contributed by atoms with Crippen molar-refractivity contribution in [2.45, 2.75) is 13.8 Å². The topological polar surface area (TPSA) is 13.1 Å². The van der Waals surface area contributed by atoms with Gasteiger partial charge in [0.1, 0.15) is 11.2 Å². The zero-order valence-corrected chi connectivity index (χ0v) is 13.8. The zero-order chi connectivity index (χ0) is 15.3. The summed E-state index contributed by atoms with van der Waals surface area (Å²) in [5, 5.41) is 3.57. The van der Waals surface area contributed by atoms with Crippen LogP contribution in [-0.4, -0.2) is 0 Å². The molecule has 1 atom stereocenters. The Labute approximate surface area is 132 Å². The first-order valence-corrected chi connectivity index (χ1v) is 7.99. The predicted molar refractivity (Wildman–Crippen MR) is 98.0 cm³/mol. The van der Waals surface area contributed by atoms with Gasteiger partial charge in [-0.25, -0.2) is 0 Å². The SMILES string of the molecule is Cc1cc2oc3cc(-c4ccccc4)c(P)cc3c2cc1C. The Kier molecular flexibility index (Phi) is 3.06. The van der Waals surface area contributed by atoms with Gasteiger partial charge in [-0.15, -0.1) is 9.24 Å². The molecule has 2 heteroatoms. The lowest BCUT2D eigenvalue weighted by Crippen LogP contribution is -1.96. The molecule has 1 nitrogen and oxygen atoms in total. The first-order chi connectivity index (χ1) is 10.6. The summed E-state index contributed by atoms with van der Waals surface area (Å²) >= 11 is 0. The van der Waals surface area contributed by atoms with Crippen LogP contribution in [0.4, 0.5) is 0 Å². The van der Waals surface area contributed by atoms with Crippen LogP contribution in [0.5, 0.6) is 0 Å². The third-order valence-corrected chi connectivity index (χ3v) is 4.82. The second-order valence-electron chi connectivity index (χ2n) is 5.84. The number of hydrogen-bond acceptors (Lipinski definition) is 1. The second-order valence-corrected chi connectivity index (χ2v) is 6.46. The average Bonchev–Trinajstić information content (AvgIpc) is 2.85. The van der Waals surface area contributed by atoms with E-state index in [4.69, 9.17) is 4.42 Å². The van der Waals surface area contributed by atoms with E-state index in [1.807, 2.05) is 6.07 Å². The van der Waals surface area contributed by atoms with Crippen LogP contribution < -0.4 is 5.30 Å². The standard InChI is InChI=1S/C20H17OP/c1-12-8-16-17-11-20(22)15(14-6-4-3-5-7-14)10-19(17)21-18(16)9-13(12)2/h3-11H,22H2,1-2H3. The molecule has 1 heterocycles. The van der Waals surface area contributed by atoms with Crippen LogP contribution in [0, 0.1) is 13.8 Å². The lowest BCUT2D eigenvalue weighted by Gasteiger charge is -2.05. The Hall–Kier alpha value is -2.11. The number of furan rings is 1. The highest BCUT2D eigenvalue weighted by Gasteiger charge is 2.12. The fourth-order valence-electron chi connectivity index (χ4n) is 2.96. The molecule has 0 radical (unpaired) electrons. The molecule has 0 bridgehead atoms. The lowest BCUT2D eigenvalue weighted by molar-refractivity contribution is 0.668. The van der Waals surface area contributed by atoms with Crippen molar-refractivity contribution in [2.24, 2.45) is 0 Å². The molecule has 0 fully saturated rings. The van der Waals surface area contributed by atoms with Crippen molar-refractivity contribution in [3.8, 4) is 11.1 Å².